The van der Waals surface area contributed by atoms with Crippen molar-refractivity contribution in [1.82, 2.24) is 4.98 Å². The number of hydrogen-bond acceptors (Lipinski definition) is 4. The summed E-state index contributed by atoms with van der Waals surface area (Å²) in [5.41, 5.74) is 9.62. The third-order valence-electron chi connectivity index (χ3n) is 3.58. The Hall–Kier alpha value is -1.39. The maximum Gasteiger partial charge on any atom is 0.107 e. The number of nitrogens with zero attached hydrogens (tertiary/aromatic N) is 2. The Bertz CT molecular complexity index is 550. The highest BCUT2D eigenvalue weighted by atomic mass is 32.1. The van der Waals surface area contributed by atoms with E-state index >= 15 is 0 Å². The zero-order valence-electron chi connectivity index (χ0n) is 11.0. The van der Waals surface area contributed by atoms with Gasteiger partial charge in [-0.1, -0.05) is 18.2 Å². The summed E-state index contributed by atoms with van der Waals surface area (Å²) in [4.78, 5) is 7.03. The van der Waals surface area contributed by atoms with E-state index in [1.807, 2.05) is 0 Å². The summed E-state index contributed by atoms with van der Waals surface area (Å²) in [6.07, 6.45) is 3.72. The van der Waals surface area contributed by atoms with Crippen LogP contribution in [0.25, 0.3) is 0 Å². The maximum absolute atomic E-state index is 5.63. The van der Waals surface area contributed by atoms with Crippen LogP contribution in [0.5, 0.6) is 0 Å². The van der Waals surface area contributed by atoms with Gasteiger partial charge in [-0.15, -0.1) is 11.3 Å². The van der Waals surface area contributed by atoms with Crippen molar-refractivity contribution in [2.45, 2.75) is 32.4 Å². The van der Waals surface area contributed by atoms with Crippen LogP contribution in [0.3, 0.4) is 0 Å². The van der Waals surface area contributed by atoms with Crippen molar-refractivity contribution in [1.29, 1.82) is 0 Å². The molecule has 1 aliphatic heterocycles. The van der Waals surface area contributed by atoms with Gasteiger partial charge in [0.2, 0.25) is 0 Å². The summed E-state index contributed by atoms with van der Waals surface area (Å²) < 4.78 is 0. The number of fused-ring (bicyclic) bond motifs is 1. The van der Waals surface area contributed by atoms with Gasteiger partial charge in [-0.3, -0.25) is 0 Å². The zero-order chi connectivity index (χ0) is 13.1. The highest BCUT2D eigenvalue weighted by Gasteiger charge is 2.15. The largest absolute Gasteiger partial charge is 0.365 e. The van der Waals surface area contributed by atoms with Crippen LogP contribution in [0, 0.1) is 0 Å². The lowest BCUT2D eigenvalue weighted by atomic mass is 10.1. The minimum atomic E-state index is 0.543. The minimum absolute atomic E-state index is 0.543. The van der Waals surface area contributed by atoms with Crippen LogP contribution in [0.15, 0.2) is 29.6 Å². The Morgan fingerprint density at radius 1 is 1.26 bits per heavy atom. The van der Waals surface area contributed by atoms with Crippen LogP contribution in [0.2, 0.25) is 0 Å². The lowest BCUT2D eigenvalue weighted by Crippen LogP contribution is -2.23. The predicted octanol–water partition coefficient (Wildman–Crippen LogP) is 2.94. The fraction of sp³-hybridized carbons (Fsp3) is 0.400. The minimum Gasteiger partial charge on any atom is -0.365 e. The number of rotatable bonds is 3. The van der Waals surface area contributed by atoms with E-state index in [1.54, 1.807) is 11.3 Å². The topological polar surface area (TPSA) is 42.1 Å². The number of thiazole rings is 1. The summed E-state index contributed by atoms with van der Waals surface area (Å²) in [6, 6.07) is 8.75. The number of hydrogen-bond donors (Lipinski definition) is 1. The Morgan fingerprint density at radius 3 is 3.00 bits per heavy atom. The fourth-order valence-electron chi connectivity index (χ4n) is 2.64. The summed E-state index contributed by atoms with van der Waals surface area (Å²) in [5, 5.41) is 3.16. The van der Waals surface area contributed by atoms with E-state index < -0.39 is 0 Å². The van der Waals surface area contributed by atoms with E-state index in [4.69, 9.17) is 5.73 Å². The zero-order valence-corrected chi connectivity index (χ0v) is 11.8. The molecule has 0 unspecified atom stereocenters. The molecule has 19 heavy (non-hydrogen) atoms. The Morgan fingerprint density at radius 2 is 2.16 bits per heavy atom. The van der Waals surface area contributed by atoms with Gasteiger partial charge < -0.3 is 10.6 Å². The van der Waals surface area contributed by atoms with E-state index in [1.165, 1.54) is 30.5 Å². The van der Waals surface area contributed by atoms with Gasteiger partial charge in [0, 0.05) is 24.2 Å². The van der Waals surface area contributed by atoms with E-state index in [9.17, 15) is 0 Å². The molecule has 0 aliphatic carbocycles. The molecule has 0 saturated heterocycles. The van der Waals surface area contributed by atoms with Crippen LogP contribution >= 0.6 is 11.3 Å². The predicted molar refractivity (Wildman–Crippen MR) is 80.4 cm³/mol. The highest BCUT2D eigenvalue weighted by molar-refractivity contribution is 7.09. The van der Waals surface area contributed by atoms with Gasteiger partial charge in [0.1, 0.15) is 5.01 Å². The van der Waals surface area contributed by atoms with Crippen LogP contribution < -0.4 is 10.6 Å². The van der Waals surface area contributed by atoms with Crippen molar-refractivity contribution in [2.24, 2.45) is 5.73 Å². The molecule has 0 radical (unpaired) electrons. The molecule has 0 fully saturated rings. The van der Waals surface area contributed by atoms with Crippen LogP contribution in [-0.4, -0.2) is 11.5 Å². The number of nitrogens with two attached hydrogens (primary N) is 1. The third-order valence-corrected chi connectivity index (χ3v) is 4.50. The normalized spacial score (nSPS) is 15.1. The van der Waals surface area contributed by atoms with E-state index in [-0.39, 0.29) is 0 Å². The van der Waals surface area contributed by atoms with Gasteiger partial charge in [0.15, 0.2) is 0 Å². The first-order valence-corrected chi connectivity index (χ1v) is 7.71. The average molecular weight is 273 g/mol. The van der Waals surface area contributed by atoms with Crippen molar-refractivity contribution in [2.75, 3.05) is 11.4 Å². The van der Waals surface area contributed by atoms with Crippen molar-refractivity contribution in [3.8, 4) is 0 Å². The van der Waals surface area contributed by atoms with Gasteiger partial charge in [-0.05, 0) is 30.9 Å². The van der Waals surface area contributed by atoms with E-state index in [0.717, 1.165) is 23.8 Å². The standard InChI is InChI=1S/C15H19N3S/c16-9-15-17-13(11-19-15)10-18-8-4-3-6-12-5-1-2-7-14(12)18/h1-2,5,7,11H,3-4,6,8-10,16H2. The summed E-state index contributed by atoms with van der Waals surface area (Å²) in [7, 11) is 0. The molecule has 2 aromatic rings. The van der Waals surface area contributed by atoms with Crippen LogP contribution in [0.1, 0.15) is 29.1 Å². The Labute approximate surface area is 118 Å². The number of aryl methyl sites for hydroxylation is 1. The first-order chi connectivity index (χ1) is 9.36. The van der Waals surface area contributed by atoms with Crippen molar-refractivity contribution in [3.05, 3.63) is 45.9 Å². The highest BCUT2D eigenvalue weighted by Crippen LogP contribution is 2.27. The molecule has 1 aromatic heterocycles. The molecule has 0 spiro atoms. The third kappa shape index (κ3) is 2.80. The summed E-state index contributed by atoms with van der Waals surface area (Å²) in [6.45, 7) is 2.56. The second-order valence-corrected chi connectivity index (χ2v) is 5.89. The molecule has 0 atom stereocenters. The van der Waals surface area contributed by atoms with Gasteiger partial charge in [0.25, 0.3) is 0 Å². The molecule has 100 valence electrons. The number of benzene rings is 1. The van der Waals surface area contributed by atoms with Crippen molar-refractivity contribution >= 4 is 17.0 Å². The quantitative estimate of drug-likeness (QED) is 0.935. The van der Waals surface area contributed by atoms with Gasteiger partial charge >= 0.3 is 0 Å². The van der Waals surface area contributed by atoms with E-state index in [2.05, 4.69) is 39.5 Å². The number of aromatic nitrogens is 1. The number of para-hydroxylation sites is 1. The summed E-state index contributed by atoms with van der Waals surface area (Å²) in [5.74, 6) is 0. The van der Waals surface area contributed by atoms with E-state index in [0.29, 0.717) is 6.54 Å². The first-order valence-electron chi connectivity index (χ1n) is 6.83. The van der Waals surface area contributed by atoms with Crippen molar-refractivity contribution in [3.63, 3.8) is 0 Å². The molecule has 2 N–H and O–H groups in total. The molecular formula is C15H19N3S. The molecule has 0 amide bonds. The molecule has 1 aliphatic rings. The molecular weight excluding hydrogens is 254 g/mol. The molecule has 2 heterocycles. The first kappa shape index (κ1) is 12.6. The average Bonchev–Trinajstić information content (AvgIpc) is 2.80. The Balaban J connectivity index is 1.83. The maximum atomic E-state index is 5.63. The second kappa shape index (κ2) is 5.72. The fourth-order valence-corrected chi connectivity index (χ4v) is 3.31. The lowest BCUT2D eigenvalue weighted by molar-refractivity contribution is 0.708. The molecule has 0 saturated carbocycles. The molecule has 1 aromatic carbocycles. The van der Waals surface area contributed by atoms with Crippen LogP contribution in [-0.2, 0) is 19.5 Å². The molecule has 4 heteroatoms. The van der Waals surface area contributed by atoms with Crippen LogP contribution in [0.4, 0.5) is 5.69 Å². The summed E-state index contributed by atoms with van der Waals surface area (Å²) >= 11 is 1.66. The molecule has 3 nitrogen and oxygen atoms in total. The van der Waals surface area contributed by atoms with Gasteiger partial charge in [-0.2, -0.15) is 0 Å². The molecule has 3 rings (SSSR count). The smallest absolute Gasteiger partial charge is 0.107 e. The monoisotopic (exact) mass is 273 g/mol. The van der Waals surface area contributed by atoms with Gasteiger partial charge in [-0.25, -0.2) is 4.98 Å². The SMILES string of the molecule is NCc1nc(CN2CCCCc3ccccc32)cs1. The molecule has 0 bridgehead atoms. The second-order valence-electron chi connectivity index (χ2n) is 4.94. The lowest BCUT2D eigenvalue weighted by Gasteiger charge is -2.24. The van der Waals surface area contributed by atoms with Gasteiger partial charge in [0.05, 0.1) is 12.2 Å². The Kier molecular flexibility index (Phi) is 3.80. The number of anilines is 1. The van der Waals surface area contributed by atoms with Crippen molar-refractivity contribution < 1.29 is 0 Å².